The monoisotopic (exact) mass is 344 g/mol. The van der Waals surface area contributed by atoms with Gasteiger partial charge in [0.25, 0.3) is 5.91 Å². The molecule has 2 heterocycles. The number of aryl methyl sites for hydroxylation is 1. The Labute approximate surface area is 146 Å². The fourth-order valence-corrected chi connectivity index (χ4v) is 2.76. The molecule has 0 spiro atoms. The van der Waals surface area contributed by atoms with Gasteiger partial charge in [-0.1, -0.05) is 12.1 Å². The summed E-state index contributed by atoms with van der Waals surface area (Å²) in [5.41, 5.74) is 1.99. The number of carbonyl (C=O) groups excluding carboxylic acids is 1. The van der Waals surface area contributed by atoms with Gasteiger partial charge in [-0.3, -0.25) is 4.79 Å². The van der Waals surface area contributed by atoms with Crippen LogP contribution in [0.1, 0.15) is 27.7 Å². The largest absolute Gasteiger partial charge is 0.370 e. The molecule has 7 heteroatoms. The number of benzene rings is 1. The summed E-state index contributed by atoms with van der Waals surface area (Å²) in [5, 5.41) is 0. The van der Waals surface area contributed by atoms with Crippen molar-refractivity contribution in [2.24, 2.45) is 0 Å². The zero-order valence-electron chi connectivity index (χ0n) is 14.6. The van der Waals surface area contributed by atoms with Gasteiger partial charge in [0.2, 0.25) is 5.95 Å². The van der Waals surface area contributed by atoms with Crippen LogP contribution in [0.15, 0.2) is 30.5 Å². The summed E-state index contributed by atoms with van der Waals surface area (Å²) in [6.45, 7) is 3.16. The second kappa shape index (κ2) is 7.14. The standard InChI is InChI=1S/C18H21FN4O2/c1-12-15(10-20-18(21-12)22(2)3)17(24)23-8-9-25-16(11-23)13-4-6-14(19)7-5-13/h4-7,10,16H,8-9,11H2,1-3H3. The average Bonchev–Trinajstić information content (AvgIpc) is 2.61. The Morgan fingerprint density at radius 2 is 2.04 bits per heavy atom. The molecule has 0 bridgehead atoms. The normalized spacial score (nSPS) is 17.4. The first-order valence-electron chi connectivity index (χ1n) is 8.13. The van der Waals surface area contributed by atoms with E-state index in [1.807, 2.05) is 14.1 Å². The minimum atomic E-state index is -0.291. The molecule has 1 aromatic heterocycles. The Hall–Kier alpha value is -2.54. The lowest BCUT2D eigenvalue weighted by Crippen LogP contribution is -2.42. The highest BCUT2D eigenvalue weighted by Gasteiger charge is 2.27. The van der Waals surface area contributed by atoms with E-state index in [0.29, 0.717) is 36.9 Å². The molecule has 1 amide bonds. The predicted molar refractivity (Wildman–Crippen MR) is 92.1 cm³/mol. The van der Waals surface area contributed by atoms with Gasteiger partial charge in [-0.15, -0.1) is 0 Å². The molecule has 1 atom stereocenters. The van der Waals surface area contributed by atoms with Crippen LogP contribution in [0.25, 0.3) is 0 Å². The smallest absolute Gasteiger partial charge is 0.257 e. The van der Waals surface area contributed by atoms with Crippen LogP contribution in [0.2, 0.25) is 0 Å². The van der Waals surface area contributed by atoms with Crippen molar-refractivity contribution in [2.45, 2.75) is 13.0 Å². The van der Waals surface area contributed by atoms with E-state index in [0.717, 1.165) is 5.56 Å². The maximum atomic E-state index is 13.1. The SMILES string of the molecule is Cc1nc(N(C)C)ncc1C(=O)N1CCOC(c2ccc(F)cc2)C1. The topological polar surface area (TPSA) is 58.6 Å². The molecule has 1 aliphatic rings. The third-order valence-corrected chi connectivity index (χ3v) is 4.19. The number of aromatic nitrogens is 2. The number of carbonyl (C=O) groups is 1. The van der Waals surface area contributed by atoms with E-state index in [9.17, 15) is 9.18 Å². The van der Waals surface area contributed by atoms with Crippen molar-refractivity contribution >= 4 is 11.9 Å². The Morgan fingerprint density at radius 1 is 1.32 bits per heavy atom. The molecule has 1 saturated heterocycles. The van der Waals surface area contributed by atoms with Crippen LogP contribution in [0, 0.1) is 12.7 Å². The van der Waals surface area contributed by atoms with Crippen LogP contribution in [0.3, 0.4) is 0 Å². The molecular formula is C18H21FN4O2. The Balaban J connectivity index is 1.77. The van der Waals surface area contributed by atoms with Crippen molar-refractivity contribution in [3.05, 3.63) is 53.1 Å². The molecule has 1 aliphatic heterocycles. The van der Waals surface area contributed by atoms with E-state index in [-0.39, 0.29) is 17.8 Å². The summed E-state index contributed by atoms with van der Waals surface area (Å²) in [7, 11) is 3.71. The second-order valence-electron chi connectivity index (χ2n) is 6.23. The number of anilines is 1. The van der Waals surface area contributed by atoms with Gasteiger partial charge in [0.1, 0.15) is 11.9 Å². The number of ether oxygens (including phenoxy) is 1. The van der Waals surface area contributed by atoms with E-state index in [2.05, 4.69) is 9.97 Å². The van der Waals surface area contributed by atoms with Crippen molar-refractivity contribution in [3.8, 4) is 0 Å². The fourth-order valence-electron chi connectivity index (χ4n) is 2.76. The van der Waals surface area contributed by atoms with Gasteiger partial charge in [-0.2, -0.15) is 0 Å². The second-order valence-corrected chi connectivity index (χ2v) is 6.23. The lowest BCUT2D eigenvalue weighted by Gasteiger charge is -2.33. The zero-order chi connectivity index (χ0) is 18.0. The summed E-state index contributed by atoms with van der Waals surface area (Å²) in [6, 6.07) is 6.18. The molecule has 0 radical (unpaired) electrons. The maximum Gasteiger partial charge on any atom is 0.257 e. The number of halogens is 1. The molecule has 1 unspecified atom stereocenters. The number of hydrogen-bond donors (Lipinski definition) is 0. The molecule has 1 aromatic carbocycles. The predicted octanol–water partition coefficient (Wildman–Crippen LogP) is 2.20. The van der Waals surface area contributed by atoms with Gasteiger partial charge < -0.3 is 14.5 Å². The van der Waals surface area contributed by atoms with Crippen molar-refractivity contribution in [1.82, 2.24) is 14.9 Å². The highest BCUT2D eigenvalue weighted by molar-refractivity contribution is 5.95. The molecule has 25 heavy (non-hydrogen) atoms. The van der Waals surface area contributed by atoms with Gasteiger partial charge >= 0.3 is 0 Å². The molecule has 3 rings (SSSR count). The average molecular weight is 344 g/mol. The van der Waals surface area contributed by atoms with Crippen LogP contribution in [0.5, 0.6) is 0 Å². The maximum absolute atomic E-state index is 13.1. The minimum Gasteiger partial charge on any atom is -0.370 e. The van der Waals surface area contributed by atoms with Crippen LogP contribution >= 0.6 is 0 Å². The van der Waals surface area contributed by atoms with Gasteiger partial charge in [-0.05, 0) is 24.6 Å². The lowest BCUT2D eigenvalue weighted by molar-refractivity contribution is -0.0229. The number of amides is 1. The van der Waals surface area contributed by atoms with Gasteiger partial charge in [-0.25, -0.2) is 14.4 Å². The van der Waals surface area contributed by atoms with E-state index >= 15 is 0 Å². The Bertz CT molecular complexity index is 764. The van der Waals surface area contributed by atoms with Crippen molar-refractivity contribution in [2.75, 3.05) is 38.7 Å². The van der Waals surface area contributed by atoms with E-state index < -0.39 is 0 Å². The molecule has 0 N–H and O–H groups in total. The number of hydrogen-bond acceptors (Lipinski definition) is 5. The van der Waals surface area contributed by atoms with Crippen LogP contribution < -0.4 is 4.90 Å². The summed E-state index contributed by atoms with van der Waals surface area (Å²) >= 11 is 0. The molecule has 0 saturated carbocycles. The molecule has 132 valence electrons. The molecule has 1 fully saturated rings. The third-order valence-electron chi connectivity index (χ3n) is 4.19. The van der Waals surface area contributed by atoms with E-state index in [1.54, 1.807) is 35.1 Å². The van der Waals surface area contributed by atoms with Crippen LogP contribution in [0.4, 0.5) is 10.3 Å². The summed E-state index contributed by atoms with van der Waals surface area (Å²) in [4.78, 5) is 25.0. The molecule has 2 aromatic rings. The minimum absolute atomic E-state index is 0.113. The Morgan fingerprint density at radius 3 is 2.68 bits per heavy atom. The first-order chi connectivity index (χ1) is 12.0. The highest BCUT2D eigenvalue weighted by Crippen LogP contribution is 2.24. The molecular weight excluding hydrogens is 323 g/mol. The first kappa shape index (κ1) is 17.3. The summed E-state index contributed by atoms with van der Waals surface area (Å²) < 4.78 is 18.8. The molecule has 0 aliphatic carbocycles. The van der Waals surface area contributed by atoms with Gasteiger partial charge in [0, 0.05) is 26.8 Å². The summed E-state index contributed by atoms with van der Waals surface area (Å²) in [6.07, 6.45) is 1.31. The van der Waals surface area contributed by atoms with Crippen LogP contribution in [-0.2, 0) is 4.74 Å². The van der Waals surface area contributed by atoms with Gasteiger partial charge in [0.15, 0.2) is 0 Å². The number of rotatable bonds is 3. The third kappa shape index (κ3) is 3.76. The highest BCUT2D eigenvalue weighted by atomic mass is 19.1. The van der Waals surface area contributed by atoms with E-state index in [4.69, 9.17) is 4.74 Å². The zero-order valence-corrected chi connectivity index (χ0v) is 14.6. The molecule has 6 nitrogen and oxygen atoms in total. The van der Waals surface area contributed by atoms with Crippen molar-refractivity contribution < 1.29 is 13.9 Å². The lowest BCUT2D eigenvalue weighted by atomic mass is 10.1. The van der Waals surface area contributed by atoms with Crippen LogP contribution in [-0.4, -0.2) is 54.6 Å². The number of morpholine rings is 1. The van der Waals surface area contributed by atoms with Crippen molar-refractivity contribution in [1.29, 1.82) is 0 Å². The summed E-state index contributed by atoms with van der Waals surface area (Å²) in [5.74, 6) is 0.166. The first-order valence-corrected chi connectivity index (χ1v) is 8.13. The van der Waals surface area contributed by atoms with E-state index in [1.165, 1.54) is 12.1 Å². The van der Waals surface area contributed by atoms with Crippen molar-refractivity contribution in [3.63, 3.8) is 0 Å². The van der Waals surface area contributed by atoms with Gasteiger partial charge in [0.05, 0.1) is 24.4 Å². The quantitative estimate of drug-likeness (QED) is 0.854. The fraction of sp³-hybridized carbons (Fsp3) is 0.389. The Kier molecular flexibility index (Phi) is 4.94. The number of nitrogens with zero attached hydrogens (tertiary/aromatic N) is 4.